The van der Waals surface area contributed by atoms with E-state index in [-0.39, 0.29) is 12.6 Å². The molecule has 0 spiro atoms. The minimum atomic E-state index is -1.04. The van der Waals surface area contributed by atoms with Gasteiger partial charge < -0.3 is 15.7 Å². The Balaban J connectivity index is 3.15. The number of nitrogens with two attached hydrogens (primary N) is 1. The van der Waals surface area contributed by atoms with E-state index in [2.05, 4.69) is 4.98 Å². The third-order valence-electron chi connectivity index (χ3n) is 2.44. The van der Waals surface area contributed by atoms with Gasteiger partial charge in [0.1, 0.15) is 5.82 Å². The lowest BCUT2D eigenvalue weighted by Gasteiger charge is -2.27. The zero-order valence-electron chi connectivity index (χ0n) is 10.9. The van der Waals surface area contributed by atoms with Crippen LogP contribution in [0, 0.1) is 0 Å². The summed E-state index contributed by atoms with van der Waals surface area (Å²) in [6.07, 6.45) is 4.06. The van der Waals surface area contributed by atoms with Gasteiger partial charge in [-0.1, -0.05) is 0 Å². The van der Waals surface area contributed by atoms with Crippen molar-refractivity contribution in [3.63, 3.8) is 0 Å². The van der Waals surface area contributed by atoms with Crippen molar-refractivity contribution in [1.29, 1.82) is 0 Å². The van der Waals surface area contributed by atoms with Gasteiger partial charge in [0.2, 0.25) is 5.91 Å². The van der Waals surface area contributed by atoms with Crippen molar-refractivity contribution >= 4 is 23.8 Å². The molecule has 1 rings (SSSR count). The molecular weight excluding hydrogens is 246 g/mol. The molecule has 0 aliphatic heterocycles. The van der Waals surface area contributed by atoms with Crippen LogP contribution in [0.2, 0.25) is 0 Å². The van der Waals surface area contributed by atoms with Crippen molar-refractivity contribution < 1.29 is 14.7 Å². The monoisotopic (exact) mass is 263 g/mol. The summed E-state index contributed by atoms with van der Waals surface area (Å²) >= 11 is 0. The fourth-order valence-corrected chi connectivity index (χ4v) is 1.61. The lowest BCUT2D eigenvalue weighted by molar-refractivity contribution is -0.131. The molecule has 0 radical (unpaired) electrons. The Morgan fingerprint density at radius 1 is 1.53 bits per heavy atom. The number of pyridine rings is 1. The first-order chi connectivity index (χ1) is 8.91. The standard InChI is InChI=1S/C13H17N3O3/c1-9(2)16(8-11(14)17)13-10(4-3-7-15-13)5-6-12(18)19/h3-7,9H,8H2,1-2H3,(H2,14,17)(H,18,19)/b6-5+. The molecule has 3 N–H and O–H groups in total. The highest BCUT2D eigenvalue weighted by Crippen LogP contribution is 2.20. The number of carbonyl (C=O) groups is 2. The van der Waals surface area contributed by atoms with E-state index >= 15 is 0 Å². The van der Waals surface area contributed by atoms with Crippen LogP contribution in [0.4, 0.5) is 5.82 Å². The van der Waals surface area contributed by atoms with Crippen LogP contribution in [0.5, 0.6) is 0 Å². The van der Waals surface area contributed by atoms with Gasteiger partial charge in [-0.25, -0.2) is 9.78 Å². The predicted octanol–water partition coefficient (Wildman–Crippen LogP) is 0.879. The van der Waals surface area contributed by atoms with Crippen LogP contribution in [0.25, 0.3) is 6.08 Å². The second-order valence-corrected chi connectivity index (χ2v) is 4.28. The van der Waals surface area contributed by atoms with E-state index < -0.39 is 11.9 Å². The zero-order chi connectivity index (χ0) is 14.4. The molecule has 1 heterocycles. The molecule has 0 aliphatic carbocycles. The lowest BCUT2D eigenvalue weighted by Crippen LogP contribution is -2.39. The molecule has 0 saturated heterocycles. The van der Waals surface area contributed by atoms with Gasteiger partial charge >= 0.3 is 5.97 Å². The SMILES string of the molecule is CC(C)N(CC(N)=O)c1ncccc1/C=C/C(=O)O. The molecule has 1 aromatic heterocycles. The molecular formula is C13H17N3O3. The number of hydrogen-bond donors (Lipinski definition) is 2. The third kappa shape index (κ3) is 4.42. The van der Waals surface area contributed by atoms with Gasteiger partial charge in [-0.2, -0.15) is 0 Å². The van der Waals surface area contributed by atoms with Crippen LogP contribution in [0.3, 0.4) is 0 Å². The van der Waals surface area contributed by atoms with Crippen molar-refractivity contribution in [2.24, 2.45) is 5.73 Å². The quantitative estimate of drug-likeness (QED) is 0.743. The summed E-state index contributed by atoms with van der Waals surface area (Å²) in [6.45, 7) is 3.84. The zero-order valence-corrected chi connectivity index (χ0v) is 10.9. The summed E-state index contributed by atoms with van der Waals surface area (Å²) in [5, 5.41) is 8.66. The van der Waals surface area contributed by atoms with Crippen molar-refractivity contribution in [3.05, 3.63) is 30.0 Å². The van der Waals surface area contributed by atoms with Gasteiger partial charge in [0.15, 0.2) is 0 Å². The number of nitrogens with zero attached hydrogens (tertiary/aromatic N) is 2. The molecule has 0 atom stereocenters. The summed E-state index contributed by atoms with van der Waals surface area (Å²) in [5.41, 5.74) is 5.85. The Kier molecular flexibility index (Phi) is 5.05. The summed E-state index contributed by atoms with van der Waals surface area (Å²) in [6, 6.07) is 3.45. The average Bonchev–Trinajstić information content (AvgIpc) is 2.33. The van der Waals surface area contributed by atoms with Crippen molar-refractivity contribution in [2.45, 2.75) is 19.9 Å². The molecule has 1 amide bonds. The number of rotatable bonds is 6. The van der Waals surface area contributed by atoms with Crippen LogP contribution in [-0.2, 0) is 9.59 Å². The number of primary amides is 1. The number of carboxylic acid groups (broad SMARTS) is 1. The van der Waals surface area contributed by atoms with E-state index in [4.69, 9.17) is 10.8 Å². The molecule has 0 fully saturated rings. The number of carboxylic acids is 1. The smallest absolute Gasteiger partial charge is 0.328 e. The number of carbonyl (C=O) groups excluding carboxylic acids is 1. The summed E-state index contributed by atoms with van der Waals surface area (Å²) < 4.78 is 0. The first-order valence-electron chi connectivity index (χ1n) is 5.82. The van der Waals surface area contributed by atoms with Crippen LogP contribution in [0.1, 0.15) is 19.4 Å². The number of anilines is 1. The summed E-state index contributed by atoms with van der Waals surface area (Å²) in [7, 11) is 0. The Bertz CT molecular complexity index is 498. The summed E-state index contributed by atoms with van der Waals surface area (Å²) in [5.74, 6) is -0.970. The van der Waals surface area contributed by atoms with Gasteiger partial charge in [0.25, 0.3) is 0 Å². The highest BCUT2D eigenvalue weighted by molar-refractivity contribution is 5.87. The summed E-state index contributed by atoms with van der Waals surface area (Å²) in [4.78, 5) is 27.6. The fraction of sp³-hybridized carbons (Fsp3) is 0.308. The maximum Gasteiger partial charge on any atom is 0.328 e. The van der Waals surface area contributed by atoms with E-state index in [0.29, 0.717) is 11.4 Å². The normalized spacial score (nSPS) is 10.9. The minimum Gasteiger partial charge on any atom is -0.478 e. The highest BCUT2D eigenvalue weighted by Gasteiger charge is 2.16. The van der Waals surface area contributed by atoms with E-state index in [0.717, 1.165) is 6.08 Å². The Morgan fingerprint density at radius 3 is 2.74 bits per heavy atom. The number of amides is 1. The van der Waals surface area contributed by atoms with Crippen molar-refractivity contribution in [2.75, 3.05) is 11.4 Å². The maximum absolute atomic E-state index is 11.1. The molecule has 1 aromatic rings. The Morgan fingerprint density at radius 2 is 2.21 bits per heavy atom. The molecule has 0 unspecified atom stereocenters. The van der Waals surface area contributed by atoms with E-state index in [9.17, 15) is 9.59 Å². The lowest BCUT2D eigenvalue weighted by atomic mass is 10.2. The molecule has 0 bridgehead atoms. The predicted molar refractivity (Wildman–Crippen MR) is 72.6 cm³/mol. The molecule has 0 aliphatic rings. The molecule has 0 saturated carbocycles. The second-order valence-electron chi connectivity index (χ2n) is 4.28. The van der Waals surface area contributed by atoms with Gasteiger partial charge in [0.05, 0.1) is 6.54 Å². The van der Waals surface area contributed by atoms with Crippen LogP contribution < -0.4 is 10.6 Å². The third-order valence-corrected chi connectivity index (χ3v) is 2.44. The largest absolute Gasteiger partial charge is 0.478 e. The van der Waals surface area contributed by atoms with Gasteiger partial charge in [-0.15, -0.1) is 0 Å². The van der Waals surface area contributed by atoms with Crippen LogP contribution in [0.15, 0.2) is 24.4 Å². The number of aliphatic carboxylic acids is 1. The van der Waals surface area contributed by atoms with E-state index in [1.54, 1.807) is 23.2 Å². The molecule has 19 heavy (non-hydrogen) atoms. The van der Waals surface area contributed by atoms with Gasteiger partial charge in [-0.3, -0.25) is 4.79 Å². The fourth-order valence-electron chi connectivity index (χ4n) is 1.61. The molecule has 6 heteroatoms. The van der Waals surface area contributed by atoms with Gasteiger partial charge in [0, 0.05) is 23.9 Å². The molecule has 6 nitrogen and oxygen atoms in total. The minimum absolute atomic E-state index is 0.0133. The Hall–Kier alpha value is -2.37. The van der Waals surface area contributed by atoms with Crippen molar-refractivity contribution in [1.82, 2.24) is 4.98 Å². The maximum atomic E-state index is 11.1. The first-order valence-corrected chi connectivity index (χ1v) is 5.82. The molecule has 0 aromatic carbocycles. The topological polar surface area (TPSA) is 96.5 Å². The van der Waals surface area contributed by atoms with E-state index in [1.165, 1.54) is 6.08 Å². The second kappa shape index (κ2) is 6.53. The number of hydrogen-bond acceptors (Lipinski definition) is 4. The molecule has 102 valence electrons. The van der Waals surface area contributed by atoms with Crippen LogP contribution >= 0.6 is 0 Å². The van der Waals surface area contributed by atoms with Crippen LogP contribution in [-0.4, -0.2) is 34.6 Å². The van der Waals surface area contributed by atoms with E-state index in [1.807, 2.05) is 13.8 Å². The first kappa shape index (κ1) is 14.7. The van der Waals surface area contributed by atoms with Crippen molar-refractivity contribution in [3.8, 4) is 0 Å². The van der Waals surface area contributed by atoms with Gasteiger partial charge in [-0.05, 0) is 32.1 Å². The average molecular weight is 263 g/mol. The number of aromatic nitrogens is 1. The highest BCUT2D eigenvalue weighted by atomic mass is 16.4. The Labute approximate surface area is 111 Å².